The Morgan fingerprint density at radius 2 is 1.78 bits per heavy atom. The van der Waals surface area contributed by atoms with E-state index in [1.165, 1.54) is 24.4 Å². The number of alkyl halides is 3. The first kappa shape index (κ1) is 16.4. The fourth-order valence-corrected chi connectivity index (χ4v) is 1.70. The summed E-state index contributed by atoms with van der Waals surface area (Å²) in [5, 5.41) is 12.4. The Labute approximate surface area is 130 Å². The van der Waals surface area contributed by atoms with Gasteiger partial charge in [-0.15, -0.1) is 13.2 Å². The van der Waals surface area contributed by atoms with Gasteiger partial charge in [-0.25, -0.2) is 0 Å². The van der Waals surface area contributed by atoms with Crippen molar-refractivity contribution in [2.45, 2.75) is 13.0 Å². The van der Waals surface area contributed by atoms with Gasteiger partial charge in [-0.05, 0) is 23.8 Å². The smallest absolute Gasteiger partial charge is 0.405 e. The highest BCUT2D eigenvalue weighted by atomic mass is 19.4. The van der Waals surface area contributed by atoms with Crippen LogP contribution in [0.25, 0.3) is 0 Å². The molecule has 0 saturated heterocycles. The fourth-order valence-electron chi connectivity index (χ4n) is 1.70. The van der Waals surface area contributed by atoms with Gasteiger partial charge in [0.1, 0.15) is 12.4 Å². The molecule has 0 aliphatic rings. The van der Waals surface area contributed by atoms with E-state index in [-0.39, 0.29) is 17.9 Å². The third-order valence-electron chi connectivity index (χ3n) is 2.73. The van der Waals surface area contributed by atoms with E-state index in [4.69, 9.17) is 10.1 Å². The van der Waals surface area contributed by atoms with Crippen molar-refractivity contribution in [3.8, 4) is 11.8 Å². The summed E-state index contributed by atoms with van der Waals surface area (Å²) >= 11 is 0. The van der Waals surface area contributed by atoms with Gasteiger partial charge in [-0.2, -0.15) is 5.26 Å². The van der Waals surface area contributed by atoms with E-state index in [1.54, 1.807) is 30.3 Å². The summed E-state index contributed by atoms with van der Waals surface area (Å²) in [4.78, 5) is 4.99. The highest BCUT2D eigenvalue weighted by Gasteiger charge is 2.32. The molecule has 2 rings (SSSR count). The molecule has 0 radical (unpaired) electrons. The molecule has 23 heavy (non-hydrogen) atoms. The van der Waals surface area contributed by atoms with Gasteiger partial charge in [-0.3, -0.25) is 0 Å². The van der Waals surface area contributed by atoms with Crippen molar-refractivity contribution in [1.29, 1.82) is 5.26 Å². The van der Waals surface area contributed by atoms with Gasteiger partial charge in [0.2, 0.25) is 0 Å². The van der Waals surface area contributed by atoms with Crippen LogP contribution in [0.1, 0.15) is 16.7 Å². The minimum Gasteiger partial charge on any atom is -0.405 e. The number of para-hydroxylation sites is 1. The van der Waals surface area contributed by atoms with Crippen LogP contribution in [0.4, 0.5) is 13.2 Å². The van der Waals surface area contributed by atoms with Crippen LogP contribution in [0.2, 0.25) is 0 Å². The lowest BCUT2D eigenvalue weighted by Crippen LogP contribution is -2.18. The summed E-state index contributed by atoms with van der Waals surface area (Å²) in [6.07, 6.45) is -3.36. The zero-order chi connectivity index (χ0) is 16.7. The van der Waals surface area contributed by atoms with Gasteiger partial charge in [0, 0.05) is 5.56 Å². The minimum absolute atomic E-state index is 0.168. The molecular formula is C16H11F3N2O2. The number of oxime groups is 1. The van der Waals surface area contributed by atoms with Crippen molar-refractivity contribution in [3.05, 3.63) is 65.2 Å². The molecule has 0 fully saturated rings. The maximum atomic E-state index is 12.3. The van der Waals surface area contributed by atoms with Crippen LogP contribution >= 0.6 is 0 Å². The molecule has 0 bridgehead atoms. The normalized spacial score (nSPS) is 11.2. The van der Waals surface area contributed by atoms with E-state index >= 15 is 0 Å². The van der Waals surface area contributed by atoms with Crippen LogP contribution in [0.5, 0.6) is 5.75 Å². The number of hydrogen-bond donors (Lipinski definition) is 0. The highest BCUT2D eigenvalue weighted by molar-refractivity contribution is 5.79. The molecule has 0 spiro atoms. The van der Waals surface area contributed by atoms with Crippen molar-refractivity contribution >= 4 is 6.21 Å². The van der Waals surface area contributed by atoms with Crippen molar-refractivity contribution < 1.29 is 22.7 Å². The van der Waals surface area contributed by atoms with Gasteiger partial charge in [-0.1, -0.05) is 35.5 Å². The predicted octanol–water partition coefficient (Wildman–Crippen LogP) is 4.01. The second-order valence-electron chi connectivity index (χ2n) is 4.40. The molecule has 0 atom stereocenters. The summed E-state index contributed by atoms with van der Waals surface area (Å²) in [7, 11) is 0. The first-order chi connectivity index (χ1) is 11.0. The Morgan fingerprint density at radius 3 is 2.43 bits per heavy atom. The number of nitrogens with zero attached hydrogens (tertiary/aromatic N) is 2. The molecule has 0 aromatic heterocycles. The monoisotopic (exact) mass is 320 g/mol. The summed E-state index contributed by atoms with van der Waals surface area (Å²) in [6, 6.07) is 14.2. The molecule has 0 amide bonds. The molecule has 0 aliphatic carbocycles. The summed E-state index contributed by atoms with van der Waals surface area (Å²) in [5.41, 5.74) is 1.44. The van der Waals surface area contributed by atoms with Crippen LogP contribution in [0.3, 0.4) is 0 Å². The Hall–Kier alpha value is -3.01. The second kappa shape index (κ2) is 7.31. The van der Waals surface area contributed by atoms with Crippen LogP contribution < -0.4 is 4.74 Å². The first-order valence-electron chi connectivity index (χ1n) is 6.47. The van der Waals surface area contributed by atoms with Gasteiger partial charge < -0.3 is 9.57 Å². The number of benzene rings is 2. The van der Waals surface area contributed by atoms with Crippen molar-refractivity contribution in [1.82, 2.24) is 0 Å². The van der Waals surface area contributed by atoms with E-state index in [0.29, 0.717) is 11.1 Å². The number of ether oxygens (including phenoxy) is 1. The van der Waals surface area contributed by atoms with Crippen LogP contribution in [-0.4, -0.2) is 12.6 Å². The quantitative estimate of drug-likeness (QED) is 0.618. The Morgan fingerprint density at radius 1 is 1.09 bits per heavy atom. The van der Waals surface area contributed by atoms with Gasteiger partial charge in [0.25, 0.3) is 0 Å². The fraction of sp³-hybridized carbons (Fsp3) is 0.125. The van der Waals surface area contributed by atoms with Gasteiger partial charge in [0.15, 0.2) is 0 Å². The molecular weight excluding hydrogens is 309 g/mol. The molecule has 0 saturated carbocycles. The lowest BCUT2D eigenvalue weighted by atomic mass is 10.2. The van der Waals surface area contributed by atoms with E-state index in [9.17, 15) is 13.2 Å². The molecule has 2 aromatic rings. The Balaban J connectivity index is 1.96. The van der Waals surface area contributed by atoms with E-state index in [0.717, 1.165) is 0 Å². The second-order valence-corrected chi connectivity index (χ2v) is 4.40. The Bertz CT molecular complexity index is 719. The van der Waals surface area contributed by atoms with Crippen molar-refractivity contribution in [2.24, 2.45) is 5.16 Å². The topological polar surface area (TPSA) is 54.6 Å². The van der Waals surface area contributed by atoms with Gasteiger partial charge in [0.05, 0.1) is 17.8 Å². The minimum atomic E-state index is -4.76. The zero-order valence-electron chi connectivity index (χ0n) is 11.7. The SMILES string of the molecule is N#Cc1ccc(C=NOCc2ccccc2OC(F)(F)F)cc1. The molecule has 0 heterocycles. The standard InChI is InChI=1S/C16H11F3N2O2/c17-16(18,19)23-15-4-2-1-3-14(15)11-22-21-10-13-7-5-12(9-20)6-8-13/h1-8,10H,11H2. The van der Waals surface area contributed by atoms with E-state index in [2.05, 4.69) is 9.89 Å². The average Bonchev–Trinajstić information content (AvgIpc) is 2.52. The van der Waals surface area contributed by atoms with Crippen LogP contribution in [0, 0.1) is 11.3 Å². The lowest BCUT2D eigenvalue weighted by Gasteiger charge is -2.12. The van der Waals surface area contributed by atoms with Crippen LogP contribution in [0.15, 0.2) is 53.7 Å². The summed E-state index contributed by atoms with van der Waals surface area (Å²) in [6.45, 7) is -0.168. The third kappa shape index (κ3) is 5.36. The van der Waals surface area contributed by atoms with Crippen LogP contribution in [-0.2, 0) is 11.4 Å². The average molecular weight is 320 g/mol. The molecule has 0 aliphatic heterocycles. The summed E-state index contributed by atoms with van der Waals surface area (Å²) < 4.78 is 40.7. The molecule has 7 heteroatoms. The maximum Gasteiger partial charge on any atom is 0.573 e. The molecule has 4 nitrogen and oxygen atoms in total. The number of hydrogen-bond acceptors (Lipinski definition) is 4. The van der Waals surface area contributed by atoms with E-state index < -0.39 is 6.36 Å². The molecule has 0 N–H and O–H groups in total. The largest absolute Gasteiger partial charge is 0.573 e. The summed E-state index contributed by atoms with van der Waals surface area (Å²) in [5.74, 6) is -0.325. The third-order valence-corrected chi connectivity index (χ3v) is 2.73. The van der Waals surface area contributed by atoms with Gasteiger partial charge >= 0.3 is 6.36 Å². The first-order valence-corrected chi connectivity index (χ1v) is 6.47. The van der Waals surface area contributed by atoms with Crippen molar-refractivity contribution in [2.75, 3.05) is 0 Å². The van der Waals surface area contributed by atoms with E-state index in [1.807, 2.05) is 6.07 Å². The number of nitriles is 1. The molecule has 118 valence electrons. The zero-order valence-corrected chi connectivity index (χ0v) is 11.7. The highest BCUT2D eigenvalue weighted by Crippen LogP contribution is 2.26. The maximum absolute atomic E-state index is 12.3. The Kier molecular flexibility index (Phi) is 5.20. The molecule has 2 aromatic carbocycles. The molecule has 0 unspecified atom stereocenters. The lowest BCUT2D eigenvalue weighted by molar-refractivity contribution is -0.275. The number of rotatable bonds is 5. The van der Waals surface area contributed by atoms with Crippen molar-refractivity contribution in [3.63, 3.8) is 0 Å². The number of halogens is 3. The predicted molar refractivity (Wildman–Crippen MR) is 76.7 cm³/mol.